The molecule has 24 heavy (non-hydrogen) atoms. The highest BCUT2D eigenvalue weighted by molar-refractivity contribution is 6.02. The van der Waals surface area contributed by atoms with Gasteiger partial charge in [0.05, 0.1) is 5.69 Å². The molecule has 2 N–H and O–H groups in total. The van der Waals surface area contributed by atoms with Crippen molar-refractivity contribution >= 4 is 23.5 Å². The maximum Gasteiger partial charge on any atom is 0.303 e. The van der Waals surface area contributed by atoms with Gasteiger partial charge in [-0.25, -0.2) is 0 Å². The smallest absolute Gasteiger partial charge is 0.303 e. The Morgan fingerprint density at radius 3 is 2.83 bits per heavy atom. The summed E-state index contributed by atoms with van der Waals surface area (Å²) in [6.45, 7) is 2.26. The molecule has 0 spiro atoms. The summed E-state index contributed by atoms with van der Waals surface area (Å²) in [5, 5.41) is 11.3. The maximum absolute atomic E-state index is 12.1. The highest BCUT2D eigenvalue weighted by Gasteiger charge is 2.27. The van der Waals surface area contributed by atoms with Crippen LogP contribution in [0.3, 0.4) is 0 Å². The molecule has 1 heterocycles. The third-order valence-electron chi connectivity index (χ3n) is 3.75. The lowest BCUT2D eigenvalue weighted by Crippen LogP contribution is -2.45. The monoisotopic (exact) mass is 334 g/mol. The molecule has 130 valence electrons. The van der Waals surface area contributed by atoms with Crippen molar-refractivity contribution in [1.82, 2.24) is 5.32 Å². The third kappa shape index (κ3) is 4.97. The number of ether oxygens (including phenoxy) is 1. The van der Waals surface area contributed by atoms with E-state index >= 15 is 0 Å². The van der Waals surface area contributed by atoms with Gasteiger partial charge in [0.15, 0.2) is 6.61 Å². The number of amides is 2. The van der Waals surface area contributed by atoms with Gasteiger partial charge in [-0.05, 0) is 37.5 Å². The van der Waals surface area contributed by atoms with Crippen LogP contribution in [0.5, 0.6) is 5.75 Å². The lowest BCUT2D eigenvalue weighted by molar-refractivity contribution is -0.137. The quantitative estimate of drug-likeness (QED) is 0.702. The molecule has 2 rings (SSSR count). The van der Waals surface area contributed by atoms with Crippen molar-refractivity contribution in [3.05, 3.63) is 23.8 Å². The first-order valence-electron chi connectivity index (χ1n) is 7.99. The Morgan fingerprint density at radius 2 is 2.08 bits per heavy atom. The Bertz CT molecular complexity index is 629. The van der Waals surface area contributed by atoms with Crippen LogP contribution in [0.25, 0.3) is 0 Å². The van der Waals surface area contributed by atoms with Crippen LogP contribution in [0.15, 0.2) is 18.2 Å². The number of nitrogens with zero attached hydrogens (tertiary/aromatic N) is 1. The zero-order chi connectivity index (χ0) is 17.5. The first-order valence-corrected chi connectivity index (χ1v) is 7.99. The number of carboxylic acids is 1. The van der Waals surface area contributed by atoms with E-state index in [0.29, 0.717) is 30.8 Å². The summed E-state index contributed by atoms with van der Waals surface area (Å²) in [6.07, 6.45) is 2.20. The second-order valence-electron chi connectivity index (χ2n) is 5.79. The topological polar surface area (TPSA) is 95.9 Å². The Kier molecular flexibility index (Phi) is 6.17. The summed E-state index contributed by atoms with van der Waals surface area (Å²) in [7, 11) is 0. The number of benzene rings is 1. The minimum atomic E-state index is -0.807. The molecule has 1 aromatic carbocycles. The van der Waals surface area contributed by atoms with Crippen molar-refractivity contribution in [3.8, 4) is 5.75 Å². The number of nitrogens with one attached hydrogen (secondary N) is 1. The summed E-state index contributed by atoms with van der Waals surface area (Å²) >= 11 is 0. The molecule has 0 radical (unpaired) electrons. The molecular formula is C17H22N2O5. The van der Waals surface area contributed by atoms with Crippen LogP contribution < -0.4 is 15.0 Å². The molecule has 0 aromatic heterocycles. The number of aliphatic carboxylic acids is 1. The van der Waals surface area contributed by atoms with Crippen LogP contribution in [-0.2, 0) is 14.4 Å². The van der Waals surface area contributed by atoms with E-state index in [1.807, 2.05) is 19.1 Å². The molecule has 1 aliphatic rings. The van der Waals surface area contributed by atoms with Gasteiger partial charge in [0.25, 0.3) is 5.91 Å². The maximum atomic E-state index is 12.1. The van der Waals surface area contributed by atoms with Gasteiger partial charge in [-0.2, -0.15) is 0 Å². The highest BCUT2D eigenvalue weighted by atomic mass is 16.5. The van der Waals surface area contributed by atoms with Gasteiger partial charge in [-0.3, -0.25) is 19.3 Å². The number of hydrogen-bond donors (Lipinski definition) is 2. The fourth-order valence-corrected chi connectivity index (χ4v) is 2.49. The molecule has 0 saturated heterocycles. The molecule has 0 atom stereocenters. The molecule has 7 heteroatoms. The Labute approximate surface area is 140 Å². The molecule has 0 saturated carbocycles. The zero-order valence-corrected chi connectivity index (χ0v) is 13.7. The predicted molar refractivity (Wildman–Crippen MR) is 88.1 cm³/mol. The number of carbonyl (C=O) groups is 3. The van der Waals surface area contributed by atoms with Crippen molar-refractivity contribution in [2.45, 2.75) is 32.6 Å². The number of carbonyl (C=O) groups excluding carboxylic acids is 2. The average molecular weight is 334 g/mol. The van der Waals surface area contributed by atoms with Crippen molar-refractivity contribution in [1.29, 1.82) is 0 Å². The van der Waals surface area contributed by atoms with E-state index in [9.17, 15) is 14.4 Å². The Morgan fingerprint density at radius 1 is 1.29 bits per heavy atom. The average Bonchev–Trinajstić information content (AvgIpc) is 2.53. The molecule has 0 bridgehead atoms. The van der Waals surface area contributed by atoms with E-state index in [2.05, 4.69) is 5.32 Å². The molecular weight excluding hydrogens is 312 g/mol. The van der Waals surface area contributed by atoms with Crippen LogP contribution in [0.4, 0.5) is 5.69 Å². The number of unbranched alkanes of at least 4 members (excludes halogenated alkanes) is 2. The number of aryl methyl sites for hydroxylation is 1. The molecule has 0 fully saturated rings. The summed E-state index contributed by atoms with van der Waals surface area (Å²) in [5.74, 6) is -0.693. The first kappa shape index (κ1) is 17.8. The van der Waals surface area contributed by atoms with Gasteiger partial charge >= 0.3 is 5.97 Å². The van der Waals surface area contributed by atoms with Crippen LogP contribution in [0, 0.1) is 6.92 Å². The zero-order valence-electron chi connectivity index (χ0n) is 13.7. The summed E-state index contributed by atoms with van der Waals surface area (Å²) < 4.78 is 5.38. The van der Waals surface area contributed by atoms with Gasteiger partial charge in [0.1, 0.15) is 12.3 Å². The molecule has 0 aliphatic carbocycles. The normalized spacial score (nSPS) is 13.2. The van der Waals surface area contributed by atoms with Crippen LogP contribution in [0.1, 0.15) is 31.2 Å². The van der Waals surface area contributed by atoms with Crippen molar-refractivity contribution < 1.29 is 24.2 Å². The summed E-state index contributed by atoms with van der Waals surface area (Å²) in [6, 6.07) is 5.51. The lowest BCUT2D eigenvalue weighted by atomic mass is 10.1. The second-order valence-corrected chi connectivity index (χ2v) is 5.79. The van der Waals surface area contributed by atoms with E-state index in [-0.39, 0.29) is 31.4 Å². The van der Waals surface area contributed by atoms with E-state index in [0.717, 1.165) is 12.0 Å². The van der Waals surface area contributed by atoms with E-state index in [1.165, 1.54) is 4.90 Å². The number of rotatable bonds is 8. The second kappa shape index (κ2) is 8.33. The SMILES string of the molecule is Cc1ccc2c(c1)N(CC(=O)NCCCCCC(=O)O)C(=O)CO2. The summed E-state index contributed by atoms with van der Waals surface area (Å²) in [4.78, 5) is 35.9. The van der Waals surface area contributed by atoms with Gasteiger partial charge in [-0.15, -0.1) is 0 Å². The molecule has 1 aromatic rings. The van der Waals surface area contributed by atoms with E-state index in [1.54, 1.807) is 6.07 Å². The van der Waals surface area contributed by atoms with Crippen LogP contribution in [0.2, 0.25) is 0 Å². The largest absolute Gasteiger partial charge is 0.482 e. The van der Waals surface area contributed by atoms with Gasteiger partial charge < -0.3 is 15.2 Å². The standard InChI is InChI=1S/C17H22N2O5/c1-12-6-7-14-13(9-12)19(16(21)11-24-14)10-15(20)18-8-4-2-3-5-17(22)23/h6-7,9H,2-5,8,10-11H2,1H3,(H,18,20)(H,22,23). The van der Waals surface area contributed by atoms with Crippen molar-refractivity contribution in [2.24, 2.45) is 0 Å². The number of fused-ring (bicyclic) bond motifs is 1. The minimum Gasteiger partial charge on any atom is -0.482 e. The Hall–Kier alpha value is -2.57. The van der Waals surface area contributed by atoms with Crippen LogP contribution in [-0.4, -0.2) is 42.6 Å². The molecule has 2 amide bonds. The third-order valence-corrected chi connectivity index (χ3v) is 3.75. The lowest BCUT2D eigenvalue weighted by Gasteiger charge is -2.29. The van der Waals surface area contributed by atoms with Gasteiger partial charge in [-0.1, -0.05) is 12.5 Å². The van der Waals surface area contributed by atoms with E-state index in [4.69, 9.17) is 9.84 Å². The molecule has 0 unspecified atom stereocenters. The fraction of sp³-hybridized carbons (Fsp3) is 0.471. The van der Waals surface area contributed by atoms with Crippen LogP contribution >= 0.6 is 0 Å². The molecule has 7 nitrogen and oxygen atoms in total. The van der Waals surface area contributed by atoms with E-state index < -0.39 is 5.97 Å². The number of anilines is 1. The van der Waals surface area contributed by atoms with Gasteiger partial charge in [0.2, 0.25) is 5.91 Å². The number of carboxylic acid groups (broad SMARTS) is 1. The first-order chi connectivity index (χ1) is 11.5. The fourth-order valence-electron chi connectivity index (χ4n) is 2.49. The van der Waals surface area contributed by atoms with Crippen molar-refractivity contribution in [3.63, 3.8) is 0 Å². The Balaban J connectivity index is 1.82. The number of hydrogen-bond acceptors (Lipinski definition) is 4. The molecule has 1 aliphatic heterocycles. The minimum absolute atomic E-state index is 0.0478. The summed E-state index contributed by atoms with van der Waals surface area (Å²) in [5.41, 5.74) is 1.60. The van der Waals surface area contributed by atoms with Crippen molar-refractivity contribution in [2.75, 3.05) is 24.6 Å². The predicted octanol–water partition coefficient (Wildman–Crippen LogP) is 1.48. The highest BCUT2D eigenvalue weighted by Crippen LogP contribution is 2.32. The van der Waals surface area contributed by atoms with Gasteiger partial charge in [0, 0.05) is 13.0 Å².